The van der Waals surface area contributed by atoms with Gasteiger partial charge in [-0.15, -0.1) is 11.3 Å². The zero-order valence-electron chi connectivity index (χ0n) is 16.1. The van der Waals surface area contributed by atoms with E-state index in [1.165, 1.54) is 35.2 Å². The summed E-state index contributed by atoms with van der Waals surface area (Å²) in [5.41, 5.74) is 6.83. The van der Waals surface area contributed by atoms with Crippen molar-refractivity contribution in [1.29, 1.82) is 0 Å². The second-order valence-electron chi connectivity index (χ2n) is 6.46. The highest BCUT2D eigenvalue weighted by Gasteiger charge is 2.17. The normalized spacial score (nSPS) is 11.7. The van der Waals surface area contributed by atoms with Crippen molar-refractivity contribution in [1.82, 2.24) is 9.55 Å². The van der Waals surface area contributed by atoms with Crippen molar-refractivity contribution in [2.24, 2.45) is 10.9 Å². The molecule has 9 nitrogen and oxygen atoms in total. The number of thioether (sulfide) groups is 1. The maximum absolute atomic E-state index is 12.4. The molecule has 0 aliphatic heterocycles. The molecule has 3 rings (SSSR count). The fraction of sp³-hybridized carbons (Fsp3) is 0.278. The Morgan fingerprint density at radius 3 is 2.73 bits per heavy atom. The first-order valence-electron chi connectivity index (χ1n) is 9.03. The van der Waals surface area contributed by atoms with Gasteiger partial charge >= 0.3 is 0 Å². The van der Waals surface area contributed by atoms with Crippen molar-refractivity contribution in [2.75, 3.05) is 11.1 Å². The molecule has 2 aromatic heterocycles. The molecule has 0 atom stereocenters. The van der Waals surface area contributed by atoms with Crippen LogP contribution in [0.3, 0.4) is 0 Å². The lowest BCUT2D eigenvalue weighted by atomic mass is 10.3. The number of nitrogens with two attached hydrogens (primary N) is 2. The third-order valence-corrected chi connectivity index (χ3v) is 6.98. The van der Waals surface area contributed by atoms with E-state index in [2.05, 4.69) is 17.2 Å². The van der Waals surface area contributed by atoms with Crippen LogP contribution in [0.5, 0.6) is 0 Å². The van der Waals surface area contributed by atoms with Crippen LogP contribution in [0.1, 0.15) is 30.1 Å². The molecule has 3 aromatic rings. The Kier molecular flexibility index (Phi) is 6.81. The SMILES string of the molecule is CCCCn1c(SCC(=O)Nc2sccc2C(N)=O)nc2cc(S(N)(=O)=O)ccc21. The summed E-state index contributed by atoms with van der Waals surface area (Å²) in [5.74, 6) is -0.844. The highest BCUT2D eigenvalue weighted by molar-refractivity contribution is 7.99. The highest BCUT2D eigenvalue weighted by Crippen LogP contribution is 2.27. The number of carbonyl (C=O) groups is 2. The largest absolute Gasteiger partial charge is 0.366 e. The van der Waals surface area contributed by atoms with E-state index in [-0.39, 0.29) is 22.1 Å². The number of fused-ring (bicyclic) bond motifs is 1. The number of hydrogen-bond acceptors (Lipinski definition) is 7. The van der Waals surface area contributed by atoms with Crippen LogP contribution >= 0.6 is 23.1 Å². The number of anilines is 1. The van der Waals surface area contributed by atoms with E-state index in [0.717, 1.165) is 18.4 Å². The molecule has 2 heterocycles. The minimum Gasteiger partial charge on any atom is -0.366 e. The quantitative estimate of drug-likeness (QED) is 0.411. The number of nitrogens with one attached hydrogen (secondary N) is 1. The molecule has 0 spiro atoms. The number of carbonyl (C=O) groups excluding carboxylic acids is 2. The fourth-order valence-corrected chi connectivity index (χ4v) is 4.98. The summed E-state index contributed by atoms with van der Waals surface area (Å²) >= 11 is 2.45. The Balaban J connectivity index is 1.82. The lowest BCUT2D eigenvalue weighted by molar-refractivity contribution is -0.113. The number of imidazole rings is 1. The number of aryl methyl sites for hydroxylation is 1. The smallest absolute Gasteiger partial charge is 0.251 e. The molecule has 0 bridgehead atoms. The minimum atomic E-state index is -3.84. The Hall–Kier alpha value is -2.41. The van der Waals surface area contributed by atoms with Gasteiger partial charge < -0.3 is 15.6 Å². The van der Waals surface area contributed by atoms with Crippen LogP contribution in [-0.2, 0) is 21.4 Å². The van der Waals surface area contributed by atoms with Crippen LogP contribution in [0.25, 0.3) is 11.0 Å². The molecule has 0 saturated carbocycles. The van der Waals surface area contributed by atoms with Gasteiger partial charge in [-0.05, 0) is 36.1 Å². The average molecular weight is 468 g/mol. The van der Waals surface area contributed by atoms with Crippen molar-refractivity contribution in [3.63, 3.8) is 0 Å². The van der Waals surface area contributed by atoms with Crippen LogP contribution in [0.2, 0.25) is 0 Å². The summed E-state index contributed by atoms with van der Waals surface area (Å²) in [6, 6.07) is 6.11. The van der Waals surface area contributed by atoms with Crippen molar-refractivity contribution in [3.05, 3.63) is 35.2 Å². The van der Waals surface area contributed by atoms with Gasteiger partial charge in [0.1, 0.15) is 5.00 Å². The Bertz CT molecular complexity index is 1200. The first kappa shape index (κ1) is 22.3. The summed E-state index contributed by atoms with van der Waals surface area (Å²) in [7, 11) is -3.84. The van der Waals surface area contributed by atoms with Crippen LogP contribution in [0.15, 0.2) is 39.7 Å². The number of amides is 2. The first-order valence-corrected chi connectivity index (χ1v) is 12.4. The molecule has 0 radical (unpaired) electrons. The number of aromatic nitrogens is 2. The number of thiophene rings is 1. The number of benzene rings is 1. The lowest BCUT2D eigenvalue weighted by Crippen LogP contribution is -2.18. The Morgan fingerprint density at radius 2 is 2.07 bits per heavy atom. The Labute approximate surface area is 181 Å². The van der Waals surface area contributed by atoms with Crippen molar-refractivity contribution >= 4 is 61.0 Å². The highest BCUT2D eigenvalue weighted by atomic mass is 32.2. The van der Waals surface area contributed by atoms with E-state index in [4.69, 9.17) is 10.9 Å². The average Bonchev–Trinajstić information content (AvgIpc) is 3.27. The van der Waals surface area contributed by atoms with Gasteiger partial charge in [-0.25, -0.2) is 18.5 Å². The first-order chi connectivity index (χ1) is 14.2. The number of sulfonamides is 1. The molecule has 160 valence electrons. The molecule has 0 fully saturated rings. The number of rotatable bonds is 9. The maximum atomic E-state index is 12.4. The monoisotopic (exact) mass is 467 g/mol. The third kappa shape index (κ3) is 5.01. The zero-order valence-corrected chi connectivity index (χ0v) is 18.6. The number of hydrogen-bond donors (Lipinski definition) is 3. The lowest BCUT2D eigenvalue weighted by Gasteiger charge is -2.08. The molecular formula is C18H21N5O4S3. The molecule has 0 aliphatic rings. The number of primary amides is 1. The molecular weight excluding hydrogens is 446 g/mol. The van der Waals surface area contributed by atoms with Crippen molar-refractivity contribution in [2.45, 2.75) is 36.4 Å². The van der Waals surface area contributed by atoms with E-state index in [9.17, 15) is 18.0 Å². The van der Waals surface area contributed by atoms with Crippen LogP contribution in [0.4, 0.5) is 5.00 Å². The molecule has 1 aromatic carbocycles. The summed E-state index contributed by atoms with van der Waals surface area (Å²) in [4.78, 5) is 28.3. The number of nitrogens with zero attached hydrogens (tertiary/aromatic N) is 2. The van der Waals surface area contributed by atoms with Crippen LogP contribution < -0.4 is 16.2 Å². The second-order valence-corrected chi connectivity index (χ2v) is 9.88. The van der Waals surface area contributed by atoms with Crippen molar-refractivity contribution in [3.8, 4) is 0 Å². The van der Waals surface area contributed by atoms with E-state index in [0.29, 0.717) is 22.2 Å². The van der Waals surface area contributed by atoms with Gasteiger partial charge in [-0.1, -0.05) is 25.1 Å². The van der Waals surface area contributed by atoms with Gasteiger partial charge in [-0.2, -0.15) is 0 Å². The minimum absolute atomic E-state index is 0.0129. The number of unbranched alkanes of at least 4 members (excludes halogenated alkanes) is 1. The number of primary sulfonamides is 1. The molecule has 0 saturated heterocycles. The topological polar surface area (TPSA) is 150 Å². The predicted molar refractivity (Wildman–Crippen MR) is 118 cm³/mol. The second kappa shape index (κ2) is 9.16. The summed E-state index contributed by atoms with van der Waals surface area (Å²) in [5, 5.41) is 10.6. The van der Waals surface area contributed by atoms with E-state index < -0.39 is 15.9 Å². The summed E-state index contributed by atoms with van der Waals surface area (Å²) in [6.07, 6.45) is 1.87. The predicted octanol–water partition coefficient (Wildman–Crippen LogP) is 2.38. The van der Waals surface area contributed by atoms with E-state index >= 15 is 0 Å². The van der Waals surface area contributed by atoms with Crippen LogP contribution in [-0.4, -0.2) is 35.5 Å². The molecule has 0 unspecified atom stereocenters. The van der Waals surface area contributed by atoms with Gasteiger partial charge in [0, 0.05) is 6.54 Å². The summed E-state index contributed by atoms with van der Waals surface area (Å²) in [6.45, 7) is 2.75. The molecule has 2 amide bonds. The van der Waals surface area contributed by atoms with Gasteiger partial charge in [0.2, 0.25) is 15.9 Å². The van der Waals surface area contributed by atoms with E-state index in [1.54, 1.807) is 17.5 Å². The standard InChI is InChI=1S/C18H21N5O4S3/c1-2-3-7-23-14-5-4-11(30(20,26)27)9-13(14)21-18(23)29-10-15(24)22-17-12(16(19)25)6-8-28-17/h4-6,8-9H,2-3,7,10H2,1H3,(H2,19,25)(H,22,24)(H2,20,26,27). The third-order valence-electron chi connectivity index (χ3n) is 4.26. The van der Waals surface area contributed by atoms with Gasteiger partial charge in [0.25, 0.3) is 5.91 Å². The fourth-order valence-electron chi connectivity index (χ4n) is 2.80. The van der Waals surface area contributed by atoms with Gasteiger partial charge in [0.05, 0.1) is 27.2 Å². The molecule has 5 N–H and O–H groups in total. The maximum Gasteiger partial charge on any atom is 0.251 e. The molecule has 0 aliphatic carbocycles. The van der Waals surface area contributed by atoms with Gasteiger partial charge in [-0.3, -0.25) is 9.59 Å². The van der Waals surface area contributed by atoms with Crippen molar-refractivity contribution < 1.29 is 18.0 Å². The van der Waals surface area contributed by atoms with Crippen LogP contribution in [0, 0.1) is 0 Å². The summed E-state index contributed by atoms with van der Waals surface area (Å²) < 4.78 is 25.2. The zero-order chi connectivity index (χ0) is 21.9. The molecule has 12 heteroatoms. The Morgan fingerprint density at radius 1 is 1.30 bits per heavy atom. The van der Waals surface area contributed by atoms with E-state index in [1.807, 2.05) is 4.57 Å². The molecule has 30 heavy (non-hydrogen) atoms. The van der Waals surface area contributed by atoms with Gasteiger partial charge in [0.15, 0.2) is 5.16 Å².